The number of aromatic nitrogens is 4. The lowest BCUT2D eigenvalue weighted by Crippen LogP contribution is -2.46. The Hall–Kier alpha value is -2.22. The van der Waals surface area contributed by atoms with Gasteiger partial charge in [0.15, 0.2) is 5.82 Å². The Morgan fingerprint density at radius 1 is 1.37 bits per heavy atom. The van der Waals surface area contributed by atoms with E-state index < -0.39 is 0 Å². The molecule has 146 valence electrons. The summed E-state index contributed by atoms with van der Waals surface area (Å²) in [5, 5.41) is 8.53. The highest BCUT2D eigenvalue weighted by atomic mass is 16.5. The van der Waals surface area contributed by atoms with E-state index in [0.29, 0.717) is 37.9 Å². The van der Waals surface area contributed by atoms with Crippen LogP contribution in [0.1, 0.15) is 67.1 Å². The molecule has 4 rings (SSSR count). The van der Waals surface area contributed by atoms with Crippen LogP contribution in [0.3, 0.4) is 0 Å². The van der Waals surface area contributed by atoms with E-state index in [-0.39, 0.29) is 11.3 Å². The molecule has 0 unspecified atom stereocenters. The van der Waals surface area contributed by atoms with Gasteiger partial charge in [0.1, 0.15) is 5.69 Å². The van der Waals surface area contributed by atoms with Crippen molar-refractivity contribution in [1.29, 1.82) is 0 Å². The standard InChI is InChI=1S/C19H27N5O3/c1-3-24-15(6-10-20-24)17(25)23-11-7-19(8-12-23,9-13-26-2)18-21-16(27-22-18)14-4-5-14/h6,10,14H,3-5,7-9,11-13H2,1-2H3. The zero-order valence-corrected chi connectivity index (χ0v) is 16.1. The summed E-state index contributed by atoms with van der Waals surface area (Å²) in [6.07, 6.45) is 6.42. The van der Waals surface area contributed by atoms with Gasteiger partial charge in [-0.2, -0.15) is 10.1 Å². The van der Waals surface area contributed by atoms with Crippen molar-refractivity contribution in [1.82, 2.24) is 24.8 Å². The highest BCUT2D eigenvalue weighted by Gasteiger charge is 2.42. The van der Waals surface area contributed by atoms with Crippen molar-refractivity contribution in [3.05, 3.63) is 29.7 Å². The van der Waals surface area contributed by atoms with Crippen LogP contribution in [0.25, 0.3) is 0 Å². The van der Waals surface area contributed by atoms with Gasteiger partial charge >= 0.3 is 0 Å². The summed E-state index contributed by atoms with van der Waals surface area (Å²) in [5.41, 5.74) is 0.464. The topological polar surface area (TPSA) is 86.3 Å². The number of hydrogen-bond donors (Lipinski definition) is 0. The Morgan fingerprint density at radius 3 is 2.81 bits per heavy atom. The summed E-state index contributed by atoms with van der Waals surface area (Å²) in [6.45, 7) is 4.66. The fourth-order valence-corrected chi connectivity index (χ4v) is 3.90. The molecule has 3 heterocycles. The molecule has 1 amide bonds. The molecule has 1 aliphatic carbocycles. The highest BCUT2D eigenvalue weighted by Crippen LogP contribution is 2.42. The molecule has 1 saturated heterocycles. The molecule has 0 aromatic carbocycles. The lowest BCUT2D eigenvalue weighted by atomic mass is 9.75. The van der Waals surface area contributed by atoms with Gasteiger partial charge in [-0.05, 0) is 45.1 Å². The summed E-state index contributed by atoms with van der Waals surface area (Å²) in [6, 6.07) is 1.79. The lowest BCUT2D eigenvalue weighted by Gasteiger charge is -2.39. The average Bonchev–Trinajstić information content (AvgIpc) is 3.23. The van der Waals surface area contributed by atoms with Crippen LogP contribution in [-0.4, -0.2) is 57.5 Å². The van der Waals surface area contributed by atoms with E-state index in [4.69, 9.17) is 14.2 Å². The first kappa shape index (κ1) is 18.2. The minimum atomic E-state index is -0.186. The zero-order valence-electron chi connectivity index (χ0n) is 16.1. The number of amides is 1. The Kier molecular flexibility index (Phi) is 4.99. The zero-order chi connectivity index (χ0) is 18.9. The van der Waals surface area contributed by atoms with Gasteiger partial charge in [-0.15, -0.1) is 0 Å². The molecule has 27 heavy (non-hydrogen) atoms. The molecular weight excluding hydrogens is 346 g/mol. The van der Waals surface area contributed by atoms with Crippen molar-refractivity contribution in [2.24, 2.45) is 0 Å². The number of piperidine rings is 1. The van der Waals surface area contributed by atoms with Crippen LogP contribution in [0.4, 0.5) is 0 Å². The third-order valence-electron chi connectivity index (χ3n) is 5.87. The van der Waals surface area contributed by atoms with Gasteiger partial charge in [-0.1, -0.05) is 5.16 Å². The first-order valence-electron chi connectivity index (χ1n) is 9.81. The second kappa shape index (κ2) is 7.42. The molecule has 1 saturated carbocycles. The molecule has 0 radical (unpaired) electrons. The maximum atomic E-state index is 12.9. The largest absolute Gasteiger partial charge is 0.385 e. The molecular formula is C19H27N5O3. The lowest BCUT2D eigenvalue weighted by molar-refractivity contribution is 0.0604. The maximum absolute atomic E-state index is 12.9. The average molecular weight is 373 g/mol. The Morgan fingerprint density at radius 2 is 2.15 bits per heavy atom. The second-order valence-electron chi connectivity index (χ2n) is 7.58. The monoisotopic (exact) mass is 373 g/mol. The third-order valence-corrected chi connectivity index (χ3v) is 5.87. The molecule has 8 heteroatoms. The predicted octanol–water partition coefficient (Wildman–Crippen LogP) is 2.37. The Balaban J connectivity index is 1.49. The van der Waals surface area contributed by atoms with Crippen molar-refractivity contribution < 1.29 is 14.1 Å². The quantitative estimate of drug-likeness (QED) is 0.741. The van der Waals surface area contributed by atoms with Crippen molar-refractivity contribution in [3.63, 3.8) is 0 Å². The van der Waals surface area contributed by atoms with E-state index in [2.05, 4.69) is 10.3 Å². The number of hydrogen-bond acceptors (Lipinski definition) is 6. The molecule has 2 aromatic rings. The van der Waals surface area contributed by atoms with Crippen LogP contribution >= 0.6 is 0 Å². The summed E-state index contributed by atoms with van der Waals surface area (Å²) in [5.74, 6) is 2.04. The molecule has 2 fully saturated rings. The van der Waals surface area contributed by atoms with E-state index in [1.807, 2.05) is 11.8 Å². The summed E-state index contributed by atoms with van der Waals surface area (Å²) in [4.78, 5) is 19.5. The highest BCUT2D eigenvalue weighted by molar-refractivity contribution is 5.92. The molecule has 1 aliphatic heterocycles. The second-order valence-corrected chi connectivity index (χ2v) is 7.58. The third kappa shape index (κ3) is 3.50. The van der Waals surface area contributed by atoms with Gasteiger partial charge in [0, 0.05) is 50.9 Å². The minimum Gasteiger partial charge on any atom is -0.385 e. The van der Waals surface area contributed by atoms with Crippen LogP contribution in [-0.2, 0) is 16.7 Å². The van der Waals surface area contributed by atoms with Gasteiger partial charge in [0.2, 0.25) is 5.89 Å². The Bertz CT molecular complexity index is 787. The molecule has 2 aromatic heterocycles. The molecule has 0 N–H and O–H groups in total. The molecule has 0 bridgehead atoms. The summed E-state index contributed by atoms with van der Waals surface area (Å²) >= 11 is 0. The van der Waals surface area contributed by atoms with E-state index in [9.17, 15) is 4.79 Å². The van der Waals surface area contributed by atoms with Gasteiger partial charge in [0.05, 0.1) is 0 Å². The van der Waals surface area contributed by atoms with Crippen LogP contribution in [0.2, 0.25) is 0 Å². The van der Waals surface area contributed by atoms with Gasteiger partial charge < -0.3 is 14.2 Å². The van der Waals surface area contributed by atoms with Gasteiger partial charge in [-0.25, -0.2) is 0 Å². The van der Waals surface area contributed by atoms with Crippen molar-refractivity contribution in [2.45, 2.75) is 56.9 Å². The summed E-state index contributed by atoms with van der Waals surface area (Å²) in [7, 11) is 1.71. The van der Waals surface area contributed by atoms with Crippen LogP contribution in [0, 0.1) is 0 Å². The van der Waals surface area contributed by atoms with Crippen molar-refractivity contribution in [2.75, 3.05) is 26.8 Å². The van der Waals surface area contributed by atoms with E-state index >= 15 is 0 Å². The number of carbonyl (C=O) groups is 1. The number of nitrogens with zero attached hydrogens (tertiary/aromatic N) is 5. The van der Waals surface area contributed by atoms with E-state index in [1.165, 1.54) is 0 Å². The summed E-state index contributed by atoms with van der Waals surface area (Å²) < 4.78 is 12.6. The molecule has 2 aliphatic rings. The number of rotatable bonds is 7. The van der Waals surface area contributed by atoms with Crippen LogP contribution < -0.4 is 0 Å². The number of ether oxygens (including phenoxy) is 1. The smallest absolute Gasteiger partial charge is 0.272 e. The predicted molar refractivity (Wildman–Crippen MR) is 97.5 cm³/mol. The normalized spacial score (nSPS) is 19.4. The number of likely N-dealkylation sites (tertiary alicyclic amines) is 1. The molecule has 0 spiro atoms. The number of aryl methyl sites for hydroxylation is 1. The van der Waals surface area contributed by atoms with E-state index in [0.717, 1.165) is 43.8 Å². The SMILES string of the molecule is CCn1nccc1C(=O)N1CCC(CCOC)(c2noc(C3CC3)n2)CC1. The minimum absolute atomic E-state index is 0.0430. The maximum Gasteiger partial charge on any atom is 0.272 e. The van der Waals surface area contributed by atoms with Crippen LogP contribution in [0.5, 0.6) is 0 Å². The van der Waals surface area contributed by atoms with E-state index in [1.54, 1.807) is 24.1 Å². The Labute approximate surface area is 158 Å². The fraction of sp³-hybridized carbons (Fsp3) is 0.684. The first-order chi connectivity index (χ1) is 13.2. The number of carbonyl (C=O) groups excluding carboxylic acids is 1. The number of methoxy groups -OCH3 is 1. The molecule has 0 atom stereocenters. The van der Waals surface area contributed by atoms with Crippen molar-refractivity contribution in [3.8, 4) is 0 Å². The van der Waals surface area contributed by atoms with Gasteiger partial charge in [0.25, 0.3) is 5.91 Å². The van der Waals surface area contributed by atoms with Gasteiger partial charge in [-0.3, -0.25) is 9.48 Å². The first-order valence-corrected chi connectivity index (χ1v) is 9.81. The fourth-order valence-electron chi connectivity index (χ4n) is 3.90. The van der Waals surface area contributed by atoms with Crippen molar-refractivity contribution >= 4 is 5.91 Å². The van der Waals surface area contributed by atoms with Crippen LogP contribution in [0.15, 0.2) is 16.8 Å². The molecule has 8 nitrogen and oxygen atoms in total.